The number of para-hydroxylation sites is 1. The highest BCUT2D eigenvalue weighted by molar-refractivity contribution is 9.10. The Morgan fingerprint density at radius 3 is 2.70 bits per heavy atom. The fourth-order valence-corrected chi connectivity index (χ4v) is 4.25. The highest BCUT2D eigenvalue weighted by Gasteiger charge is 2.17. The topological polar surface area (TPSA) is 101 Å². The molecule has 1 aromatic carbocycles. The van der Waals surface area contributed by atoms with Crippen molar-refractivity contribution in [2.75, 3.05) is 20.3 Å². The van der Waals surface area contributed by atoms with Gasteiger partial charge in [0.2, 0.25) is 11.7 Å². The second-order valence-electron chi connectivity index (χ2n) is 8.74. The van der Waals surface area contributed by atoms with E-state index in [2.05, 4.69) is 45.7 Å². The first kappa shape index (κ1) is 24.9. The number of pyridine rings is 1. The largest absolute Gasteiger partial charge is 0.480 e. The summed E-state index contributed by atoms with van der Waals surface area (Å²) in [5, 5.41) is 4.69. The number of ketones is 1. The van der Waals surface area contributed by atoms with Crippen molar-refractivity contribution >= 4 is 46.5 Å². The first-order chi connectivity index (χ1) is 15.7. The van der Waals surface area contributed by atoms with Crippen molar-refractivity contribution in [3.63, 3.8) is 0 Å². The zero-order valence-corrected chi connectivity index (χ0v) is 21.9. The molecule has 0 saturated heterocycles. The average molecular weight is 533 g/mol. The predicted molar refractivity (Wildman–Crippen MR) is 136 cm³/mol. The third-order valence-electron chi connectivity index (χ3n) is 4.94. The number of oxime groups is 1. The van der Waals surface area contributed by atoms with Crippen LogP contribution in [0.2, 0.25) is 25.7 Å². The number of carbonyl (C=O) groups is 1. The number of nitrogens with zero attached hydrogens (tertiary/aromatic N) is 3. The van der Waals surface area contributed by atoms with E-state index in [1.807, 2.05) is 28.8 Å². The predicted octanol–water partition coefficient (Wildman–Crippen LogP) is 4.64. The minimum Gasteiger partial charge on any atom is -0.480 e. The molecule has 33 heavy (non-hydrogen) atoms. The van der Waals surface area contributed by atoms with Crippen LogP contribution in [0.3, 0.4) is 0 Å². The van der Waals surface area contributed by atoms with Gasteiger partial charge in [-0.3, -0.25) is 4.79 Å². The van der Waals surface area contributed by atoms with Crippen LogP contribution in [0.1, 0.15) is 16.1 Å². The molecule has 0 radical (unpaired) electrons. The van der Waals surface area contributed by atoms with Gasteiger partial charge in [-0.1, -0.05) is 43.0 Å². The van der Waals surface area contributed by atoms with E-state index in [0.717, 1.165) is 16.9 Å². The summed E-state index contributed by atoms with van der Waals surface area (Å²) in [6.07, 6.45) is 1.80. The van der Waals surface area contributed by atoms with Gasteiger partial charge in [0.1, 0.15) is 12.4 Å². The van der Waals surface area contributed by atoms with Crippen LogP contribution >= 0.6 is 15.9 Å². The number of nitrogens with two attached hydrogens (primary N) is 1. The smallest absolute Gasteiger partial charge is 0.228 e. The lowest BCUT2D eigenvalue weighted by Gasteiger charge is -2.15. The molecule has 0 aliphatic heterocycles. The molecule has 0 atom stereocenters. The average Bonchev–Trinajstić information content (AvgIpc) is 3.15. The fourth-order valence-electron chi connectivity index (χ4n) is 3.11. The van der Waals surface area contributed by atoms with Crippen molar-refractivity contribution in [3.8, 4) is 5.88 Å². The minimum atomic E-state index is -1.16. The standard InChI is InChI=1S/C23H29BrN4O4Si/c1-30-23-18(24)9-10-19(26-23)22(25)27-32-14-21(29)17-13-28(15-31-11-12-33(2,3)4)20-8-6-5-7-16(17)20/h5-10,13H,11-12,14-15H2,1-4H3,(H2,25,27). The summed E-state index contributed by atoms with van der Waals surface area (Å²) in [5.74, 6) is 0.221. The first-order valence-electron chi connectivity index (χ1n) is 10.5. The van der Waals surface area contributed by atoms with Gasteiger partial charge in [-0.2, -0.15) is 0 Å². The molecule has 0 bridgehead atoms. The Hall–Kier alpha value is -2.69. The van der Waals surface area contributed by atoms with Gasteiger partial charge in [-0.05, 0) is 40.2 Å². The van der Waals surface area contributed by atoms with Gasteiger partial charge < -0.3 is 24.6 Å². The van der Waals surface area contributed by atoms with Gasteiger partial charge in [0.05, 0.1) is 17.1 Å². The summed E-state index contributed by atoms with van der Waals surface area (Å²) in [7, 11) is 0.347. The van der Waals surface area contributed by atoms with Crippen molar-refractivity contribution in [2.45, 2.75) is 32.4 Å². The van der Waals surface area contributed by atoms with Crippen molar-refractivity contribution in [2.24, 2.45) is 10.9 Å². The Kier molecular flexibility index (Phi) is 8.28. The van der Waals surface area contributed by atoms with Crippen molar-refractivity contribution < 1.29 is 19.1 Å². The van der Waals surface area contributed by atoms with Crippen LogP contribution in [-0.4, -0.2) is 49.6 Å². The first-order valence-corrected chi connectivity index (χ1v) is 15.0. The number of benzene rings is 1. The number of methoxy groups -OCH3 is 1. The van der Waals surface area contributed by atoms with E-state index < -0.39 is 8.07 Å². The SMILES string of the molecule is COc1nc(/C(N)=N/OCC(=O)c2cn(COCC[Si](C)(C)C)c3ccccc23)ccc1Br. The van der Waals surface area contributed by atoms with E-state index in [-0.39, 0.29) is 18.2 Å². The van der Waals surface area contributed by atoms with E-state index in [9.17, 15) is 4.79 Å². The Bertz CT molecular complexity index is 1160. The molecule has 0 fully saturated rings. The third kappa shape index (κ3) is 6.65. The maximum absolute atomic E-state index is 12.9. The highest BCUT2D eigenvalue weighted by atomic mass is 79.9. The highest BCUT2D eigenvalue weighted by Crippen LogP contribution is 2.23. The number of halogens is 1. The molecule has 3 aromatic rings. The van der Waals surface area contributed by atoms with Crippen molar-refractivity contribution in [1.82, 2.24) is 9.55 Å². The summed E-state index contributed by atoms with van der Waals surface area (Å²) in [6, 6.07) is 12.2. The number of Topliss-reactive ketones (excluding diaryl/α,β-unsaturated/α-hetero) is 1. The second kappa shape index (κ2) is 11.0. The molecule has 0 amide bonds. The van der Waals surface area contributed by atoms with Gasteiger partial charge in [0.15, 0.2) is 12.4 Å². The number of hydrogen-bond acceptors (Lipinski definition) is 6. The molecule has 8 nitrogen and oxygen atoms in total. The van der Waals surface area contributed by atoms with Gasteiger partial charge in [0.25, 0.3) is 0 Å². The van der Waals surface area contributed by atoms with Crippen LogP contribution in [-0.2, 0) is 16.3 Å². The minimum absolute atomic E-state index is 0.0480. The Morgan fingerprint density at radius 1 is 1.21 bits per heavy atom. The van der Waals surface area contributed by atoms with Crippen LogP contribution in [0, 0.1) is 0 Å². The molecule has 10 heteroatoms. The van der Waals surface area contributed by atoms with Gasteiger partial charge in [-0.15, -0.1) is 0 Å². The zero-order chi connectivity index (χ0) is 24.0. The van der Waals surface area contributed by atoms with Gasteiger partial charge >= 0.3 is 0 Å². The molecule has 0 aliphatic carbocycles. The molecule has 0 spiro atoms. The fraction of sp³-hybridized carbons (Fsp3) is 0.348. The molecule has 0 unspecified atom stereocenters. The van der Waals surface area contributed by atoms with Gasteiger partial charge in [-0.25, -0.2) is 4.98 Å². The maximum Gasteiger partial charge on any atom is 0.228 e. The lowest BCUT2D eigenvalue weighted by atomic mass is 10.1. The number of hydrogen-bond donors (Lipinski definition) is 1. The van der Waals surface area contributed by atoms with Crippen LogP contribution in [0.5, 0.6) is 5.88 Å². The number of aromatic nitrogens is 2. The Morgan fingerprint density at radius 2 is 1.97 bits per heavy atom. The molecule has 0 saturated carbocycles. The van der Waals surface area contributed by atoms with Crippen LogP contribution < -0.4 is 10.5 Å². The second-order valence-corrected chi connectivity index (χ2v) is 15.2. The quantitative estimate of drug-likeness (QED) is 0.0963. The van der Waals surface area contributed by atoms with E-state index >= 15 is 0 Å². The van der Waals surface area contributed by atoms with Crippen LogP contribution in [0.4, 0.5) is 0 Å². The molecular formula is C23H29BrN4O4Si. The number of fused-ring (bicyclic) bond motifs is 1. The van der Waals surface area contributed by atoms with E-state index in [0.29, 0.717) is 34.9 Å². The van der Waals surface area contributed by atoms with Crippen LogP contribution in [0.15, 0.2) is 52.2 Å². The van der Waals surface area contributed by atoms with Crippen molar-refractivity contribution in [1.29, 1.82) is 0 Å². The molecule has 2 N–H and O–H groups in total. The molecule has 0 aliphatic rings. The third-order valence-corrected chi connectivity index (χ3v) is 7.25. The monoisotopic (exact) mass is 532 g/mol. The molecular weight excluding hydrogens is 504 g/mol. The summed E-state index contributed by atoms with van der Waals surface area (Å²) >= 11 is 3.33. The lowest BCUT2D eigenvalue weighted by molar-refractivity contribution is 0.0773. The molecule has 2 aromatic heterocycles. The Balaban J connectivity index is 1.68. The Labute approximate surface area is 202 Å². The summed E-state index contributed by atoms with van der Waals surface area (Å²) < 4.78 is 13.7. The maximum atomic E-state index is 12.9. The number of amidine groups is 1. The van der Waals surface area contributed by atoms with E-state index in [1.165, 1.54) is 7.11 Å². The summed E-state index contributed by atoms with van der Waals surface area (Å²) in [5.41, 5.74) is 7.82. The lowest BCUT2D eigenvalue weighted by Crippen LogP contribution is -2.22. The normalized spacial score (nSPS) is 12.2. The van der Waals surface area contributed by atoms with Gasteiger partial charge in [0, 0.05) is 31.8 Å². The number of carbonyl (C=O) groups excluding carboxylic acids is 1. The number of ether oxygens (including phenoxy) is 2. The summed E-state index contributed by atoms with van der Waals surface area (Å²) in [6.45, 7) is 7.79. The molecule has 2 heterocycles. The van der Waals surface area contributed by atoms with E-state index in [1.54, 1.807) is 18.3 Å². The molecule has 176 valence electrons. The summed E-state index contributed by atoms with van der Waals surface area (Å²) in [4.78, 5) is 22.4. The molecule has 3 rings (SSSR count). The number of rotatable bonds is 11. The van der Waals surface area contributed by atoms with E-state index in [4.69, 9.17) is 20.0 Å². The van der Waals surface area contributed by atoms with Crippen LogP contribution in [0.25, 0.3) is 10.9 Å². The van der Waals surface area contributed by atoms with Crippen molar-refractivity contribution in [3.05, 3.63) is 58.3 Å². The zero-order valence-electron chi connectivity index (χ0n) is 19.3.